The van der Waals surface area contributed by atoms with Gasteiger partial charge < -0.3 is 48.6 Å². The van der Waals surface area contributed by atoms with Crippen molar-refractivity contribution >= 4 is 25.9 Å². The van der Waals surface area contributed by atoms with Gasteiger partial charge in [0.1, 0.15) is 35.6 Å². The predicted molar refractivity (Wildman–Crippen MR) is 242 cm³/mol. The number of carbonyl (C=O) groups excluding carboxylic acids is 2. The molecule has 17 nitrogen and oxygen atoms in total. The summed E-state index contributed by atoms with van der Waals surface area (Å²) in [5, 5.41) is 14.9. The van der Waals surface area contributed by atoms with Crippen LogP contribution in [0.2, 0.25) is 0 Å². The number of amides is 1. The lowest BCUT2D eigenvalue weighted by molar-refractivity contribution is -0.234. The summed E-state index contributed by atoms with van der Waals surface area (Å²) >= 11 is 0. The van der Waals surface area contributed by atoms with Gasteiger partial charge in [0, 0.05) is 11.8 Å². The van der Waals surface area contributed by atoms with Crippen LogP contribution in [0.4, 0.5) is 5.82 Å². The Bertz CT molecular complexity index is 2330. The third kappa shape index (κ3) is 12.3. The van der Waals surface area contributed by atoms with E-state index in [0.29, 0.717) is 33.8 Å². The molecule has 1 aromatic heterocycles. The fourth-order valence-electron chi connectivity index (χ4n) is 7.35. The molecule has 0 radical (unpaired) electrons. The molecule has 6 rings (SSSR count). The number of hydrogen-bond acceptors (Lipinski definition) is 14. The third-order valence-electron chi connectivity index (χ3n) is 10.7. The summed E-state index contributed by atoms with van der Waals surface area (Å²) < 4.78 is 54.0. The van der Waals surface area contributed by atoms with Crippen molar-refractivity contribution in [2.24, 2.45) is 0 Å². The molecule has 1 amide bonds. The lowest BCUT2D eigenvalue weighted by atomic mass is 9.79. The molecular weight excluding hydrogens is 860 g/mol. The highest BCUT2D eigenvalue weighted by atomic mass is 31.1. The Morgan fingerprint density at radius 1 is 0.846 bits per heavy atom. The Kier molecular flexibility index (Phi) is 18.5. The van der Waals surface area contributed by atoms with E-state index in [9.17, 15) is 28.9 Å². The van der Waals surface area contributed by atoms with Crippen LogP contribution >= 0.6 is 8.25 Å². The van der Waals surface area contributed by atoms with Crippen molar-refractivity contribution in [3.05, 3.63) is 154 Å². The molecule has 65 heavy (non-hydrogen) atoms. The molecular formula is C47H57N4O13P. The molecule has 2 heterocycles. The van der Waals surface area contributed by atoms with Crippen LogP contribution in [0.25, 0.3) is 0 Å². The van der Waals surface area contributed by atoms with Crippen LogP contribution < -0.4 is 20.5 Å². The number of nitrogens with one attached hydrogen (secondary N) is 1. The van der Waals surface area contributed by atoms with E-state index in [0.717, 1.165) is 4.57 Å². The molecule has 1 unspecified atom stereocenters. The molecule has 5 aromatic rings. The SMILES string of the molecule is CCN(CC)CC.CCOC(=O)CO[C@H]1[C@H](n2ccc(NC(=O)c3ccccc3)nc2=O)O[C@H](COC(c2ccccc2)(c2cccc(OC)c2)c2cccc(OC)c2)[C@@]1(O)O[PH](=O)O. The standard InChI is InChI=1S/C41H42N3O13P.C6H15N/c1-4-53-35(45)26-54-36-38(44-22-21-34(43-39(44)47)42-37(46)27-13-7-5-8-14-27)56-33(41(36,48)57-58(49)50)25-55-40(28-15-9-6-10-16-28,29-17-11-19-31(23-29)51-2)30-18-12-20-32(24-30)52-3;1-4-7(5-2)6-3/h5-24,33,36,38,48,58H,4,25-26H2,1-3H3,(H,49,50)(H,42,43,46,47);4-6H2,1-3H3/t33-,36+,38-,41-;/m1./s1. The average Bonchev–Trinajstić information content (AvgIpc) is 3.59. The molecule has 18 heteroatoms. The van der Waals surface area contributed by atoms with E-state index in [-0.39, 0.29) is 12.4 Å². The zero-order valence-corrected chi connectivity index (χ0v) is 38.2. The molecule has 1 aliphatic rings. The molecule has 3 N–H and O–H groups in total. The molecule has 0 bridgehead atoms. The van der Waals surface area contributed by atoms with Gasteiger partial charge in [0.05, 0.1) is 27.4 Å². The summed E-state index contributed by atoms with van der Waals surface area (Å²) in [7, 11) is -0.947. The topological polar surface area (TPSA) is 206 Å². The van der Waals surface area contributed by atoms with Crippen LogP contribution in [-0.4, -0.2) is 108 Å². The van der Waals surface area contributed by atoms with Crippen molar-refractivity contribution in [3.8, 4) is 11.5 Å². The normalized spacial score (nSPS) is 18.6. The monoisotopic (exact) mass is 916 g/mol. The summed E-state index contributed by atoms with van der Waals surface area (Å²) in [5.41, 5.74) is -0.397. The first-order chi connectivity index (χ1) is 31.4. The number of aromatic nitrogens is 2. The maximum Gasteiger partial charge on any atom is 0.351 e. The number of carbonyl (C=O) groups is 2. The highest BCUT2D eigenvalue weighted by molar-refractivity contribution is 7.32. The van der Waals surface area contributed by atoms with Gasteiger partial charge in [-0.05, 0) is 85.7 Å². The summed E-state index contributed by atoms with van der Waals surface area (Å²) in [6, 6.07) is 33.0. The molecule has 0 saturated carbocycles. The molecule has 1 fully saturated rings. The number of hydrogen-bond donors (Lipinski definition) is 3. The minimum atomic E-state index is -3.99. The fourth-order valence-corrected chi connectivity index (χ4v) is 7.88. The predicted octanol–water partition coefficient (Wildman–Crippen LogP) is 5.80. The number of benzene rings is 4. The first-order valence-corrected chi connectivity index (χ1v) is 22.4. The van der Waals surface area contributed by atoms with Crippen LogP contribution in [-0.2, 0) is 38.4 Å². The smallest absolute Gasteiger partial charge is 0.351 e. The summed E-state index contributed by atoms with van der Waals surface area (Å²) in [4.78, 5) is 55.5. The summed E-state index contributed by atoms with van der Waals surface area (Å²) in [5.74, 6) is -3.31. The number of rotatable bonds is 20. The Labute approximate surface area is 378 Å². The summed E-state index contributed by atoms with van der Waals surface area (Å²) in [6.07, 6.45) is -3.95. The largest absolute Gasteiger partial charge is 0.497 e. The molecule has 348 valence electrons. The van der Waals surface area contributed by atoms with Crippen molar-refractivity contribution in [3.63, 3.8) is 0 Å². The second-order valence-corrected chi connectivity index (χ2v) is 15.2. The van der Waals surface area contributed by atoms with Gasteiger partial charge in [-0.25, -0.2) is 9.59 Å². The number of esters is 1. The van der Waals surface area contributed by atoms with Gasteiger partial charge in [-0.15, -0.1) is 0 Å². The number of ether oxygens (including phenoxy) is 6. The van der Waals surface area contributed by atoms with E-state index in [2.05, 4.69) is 36.0 Å². The summed E-state index contributed by atoms with van der Waals surface area (Å²) in [6.45, 7) is 10.3. The molecule has 0 aliphatic carbocycles. The Morgan fingerprint density at radius 2 is 1.42 bits per heavy atom. The molecule has 0 spiro atoms. The second-order valence-electron chi connectivity index (χ2n) is 14.4. The molecule has 5 atom stereocenters. The number of nitrogens with zero attached hydrogens (tertiary/aromatic N) is 3. The van der Waals surface area contributed by atoms with E-state index in [1.54, 1.807) is 73.7 Å². The van der Waals surface area contributed by atoms with Crippen LogP contribution in [0, 0.1) is 0 Å². The van der Waals surface area contributed by atoms with E-state index in [4.69, 9.17) is 32.9 Å². The zero-order chi connectivity index (χ0) is 47.0. The first-order valence-electron chi connectivity index (χ1n) is 21.1. The van der Waals surface area contributed by atoms with Crippen molar-refractivity contribution in [1.29, 1.82) is 0 Å². The third-order valence-corrected chi connectivity index (χ3v) is 11.2. The van der Waals surface area contributed by atoms with Crippen LogP contribution in [0.1, 0.15) is 61.0 Å². The minimum absolute atomic E-state index is 0.00399. The van der Waals surface area contributed by atoms with Crippen LogP contribution in [0.3, 0.4) is 0 Å². The van der Waals surface area contributed by atoms with Gasteiger partial charge in [-0.2, -0.15) is 4.98 Å². The van der Waals surface area contributed by atoms with E-state index >= 15 is 0 Å². The van der Waals surface area contributed by atoms with Crippen LogP contribution in [0.5, 0.6) is 11.5 Å². The average molecular weight is 917 g/mol. The van der Waals surface area contributed by atoms with E-state index in [1.165, 1.54) is 46.1 Å². The first kappa shape index (κ1) is 50.3. The fraction of sp³-hybridized carbons (Fsp3) is 0.362. The molecule has 1 saturated heterocycles. The van der Waals surface area contributed by atoms with Gasteiger partial charge in [-0.3, -0.25) is 18.5 Å². The Hall–Kier alpha value is -5.75. The lowest BCUT2D eigenvalue weighted by Crippen LogP contribution is -2.53. The van der Waals surface area contributed by atoms with Crippen molar-refractivity contribution in [1.82, 2.24) is 14.5 Å². The maximum absolute atomic E-state index is 13.7. The second kappa shape index (κ2) is 24.0. The Balaban J connectivity index is 0.00000105. The highest BCUT2D eigenvalue weighted by Gasteiger charge is 2.61. The van der Waals surface area contributed by atoms with Crippen molar-refractivity contribution in [2.45, 2.75) is 57.5 Å². The van der Waals surface area contributed by atoms with E-state index in [1.807, 2.05) is 42.5 Å². The van der Waals surface area contributed by atoms with Gasteiger partial charge in [0.2, 0.25) is 5.79 Å². The molecule has 4 aromatic carbocycles. The zero-order valence-electron chi connectivity index (χ0n) is 37.2. The van der Waals surface area contributed by atoms with Gasteiger partial charge in [-0.1, -0.05) is 93.6 Å². The van der Waals surface area contributed by atoms with Crippen LogP contribution in [0.15, 0.2) is 126 Å². The van der Waals surface area contributed by atoms with E-state index < -0.39 is 68.9 Å². The highest BCUT2D eigenvalue weighted by Crippen LogP contribution is 2.47. The van der Waals surface area contributed by atoms with Gasteiger partial charge >= 0.3 is 19.9 Å². The quantitative estimate of drug-likeness (QED) is 0.0365. The van der Waals surface area contributed by atoms with Crippen molar-refractivity contribution < 1.29 is 57.1 Å². The molecule has 1 aliphatic heterocycles. The lowest BCUT2D eigenvalue weighted by Gasteiger charge is -2.38. The van der Waals surface area contributed by atoms with Crippen molar-refractivity contribution in [2.75, 3.05) is 59.0 Å². The minimum Gasteiger partial charge on any atom is -0.497 e. The number of anilines is 1. The van der Waals surface area contributed by atoms with Gasteiger partial charge in [0.25, 0.3) is 5.91 Å². The number of aliphatic hydroxyl groups is 1. The number of methoxy groups -OCH3 is 2. The van der Waals surface area contributed by atoms with Gasteiger partial charge in [0.15, 0.2) is 12.3 Å². The Morgan fingerprint density at radius 3 is 1.92 bits per heavy atom. The maximum atomic E-state index is 13.7.